The molecule has 2 aliphatic rings. The zero-order valence-corrected chi connectivity index (χ0v) is 11.0. The predicted octanol–water partition coefficient (Wildman–Crippen LogP) is 1.77. The zero-order chi connectivity index (χ0) is 13.3. The van der Waals surface area contributed by atoms with Crippen LogP contribution in [0.2, 0.25) is 0 Å². The van der Waals surface area contributed by atoms with E-state index in [4.69, 9.17) is 9.47 Å². The smallest absolute Gasteiger partial charge is 0.415 e. The molecule has 0 aromatic heterocycles. The Labute approximate surface area is 112 Å². The molecule has 1 N–H and O–H groups in total. The van der Waals surface area contributed by atoms with Crippen molar-refractivity contribution < 1.29 is 14.3 Å². The minimum absolute atomic E-state index is 0.274. The number of carbonyl (C=O) groups excluding carboxylic acids is 1. The van der Waals surface area contributed by atoms with Gasteiger partial charge in [-0.1, -0.05) is 12.1 Å². The fourth-order valence-electron chi connectivity index (χ4n) is 2.95. The lowest BCUT2D eigenvalue weighted by Gasteiger charge is -2.39. The van der Waals surface area contributed by atoms with E-state index in [9.17, 15) is 4.79 Å². The molecule has 5 nitrogen and oxygen atoms in total. The summed E-state index contributed by atoms with van der Waals surface area (Å²) < 4.78 is 10.7. The highest BCUT2D eigenvalue weighted by Crippen LogP contribution is 2.39. The molecule has 2 saturated heterocycles. The third-order valence-corrected chi connectivity index (χ3v) is 3.90. The third kappa shape index (κ3) is 1.94. The van der Waals surface area contributed by atoms with Crippen LogP contribution in [0, 0.1) is 0 Å². The van der Waals surface area contributed by atoms with E-state index < -0.39 is 0 Å². The normalized spacial score (nSPS) is 26.6. The molecule has 2 heterocycles. The van der Waals surface area contributed by atoms with Gasteiger partial charge in [0.15, 0.2) is 0 Å². The average molecular weight is 262 g/mol. The van der Waals surface area contributed by atoms with Crippen molar-refractivity contribution in [3.8, 4) is 5.75 Å². The number of carbonyl (C=O) groups is 1. The molecular weight excluding hydrogens is 244 g/mol. The first-order chi connectivity index (χ1) is 9.27. The molecule has 102 valence electrons. The molecule has 1 spiro atoms. The Bertz CT molecular complexity index is 483. The molecule has 0 aliphatic carbocycles. The molecule has 1 aromatic carbocycles. The van der Waals surface area contributed by atoms with Gasteiger partial charge in [-0.2, -0.15) is 0 Å². The number of para-hydroxylation sites is 2. The van der Waals surface area contributed by atoms with Gasteiger partial charge in [0.2, 0.25) is 0 Å². The van der Waals surface area contributed by atoms with Crippen molar-refractivity contribution in [3.63, 3.8) is 0 Å². The van der Waals surface area contributed by atoms with Crippen LogP contribution in [-0.4, -0.2) is 38.4 Å². The molecule has 2 aliphatic heterocycles. The number of piperidine rings is 1. The van der Waals surface area contributed by atoms with Gasteiger partial charge in [-0.25, -0.2) is 4.79 Å². The number of ether oxygens (including phenoxy) is 2. The maximum absolute atomic E-state index is 12.1. The number of benzene rings is 1. The van der Waals surface area contributed by atoms with Crippen LogP contribution in [0.25, 0.3) is 0 Å². The van der Waals surface area contributed by atoms with E-state index in [1.807, 2.05) is 24.3 Å². The Morgan fingerprint density at radius 2 is 2.26 bits per heavy atom. The topological polar surface area (TPSA) is 50.8 Å². The van der Waals surface area contributed by atoms with E-state index in [1.54, 1.807) is 12.0 Å². The van der Waals surface area contributed by atoms with Crippen molar-refractivity contribution in [1.82, 2.24) is 5.32 Å². The second-order valence-electron chi connectivity index (χ2n) is 5.07. The third-order valence-electron chi connectivity index (χ3n) is 3.90. The number of anilines is 1. The number of cyclic esters (lactones) is 1. The highest BCUT2D eigenvalue weighted by atomic mass is 16.6. The monoisotopic (exact) mass is 262 g/mol. The Kier molecular flexibility index (Phi) is 3.06. The van der Waals surface area contributed by atoms with Gasteiger partial charge in [-0.3, -0.25) is 4.90 Å². The van der Waals surface area contributed by atoms with E-state index >= 15 is 0 Å². The molecule has 2 fully saturated rings. The summed E-state index contributed by atoms with van der Waals surface area (Å²) in [7, 11) is 1.62. The van der Waals surface area contributed by atoms with Crippen LogP contribution in [0.5, 0.6) is 5.75 Å². The summed E-state index contributed by atoms with van der Waals surface area (Å²) in [5.74, 6) is 0.700. The number of nitrogens with zero attached hydrogens (tertiary/aromatic N) is 1. The molecule has 3 rings (SSSR count). The number of hydrogen-bond donors (Lipinski definition) is 1. The average Bonchev–Trinajstić information content (AvgIpc) is 2.76. The van der Waals surface area contributed by atoms with Gasteiger partial charge in [0.05, 0.1) is 18.3 Å². The highest BCUT2D eigenvalue weighted by Gasteiger charge is 2.49. The summed E-state index contributed by atoms with van der Waals surface area (Å²) in [6, 6.07) is 7.58. The Morgan fingerprint density at radius 3 is 3.00 bits per heavy atom. The summed E-state index contributed by atoms with van der Waals surface area (Å²) in [4.78, 5) is 13.9. The summed E-state index contributed by atoms with van der Waals surface area (Å²) in [5, 5.41) is 3.36. The fraction of sp³-hybridized carbons (Fsp3) is 0.500. The van der Waals surface area contributed by atoms with Crippen molar-refractivity contribution in [2.75, 3.05) is 31.7 Å². The van der Waals surface area contributed by atoms with Gasteiger partial charge in [-0.05, 0) is 31.5 Å². The van der Waals surface area contributed by atoms with Crippen molar-refractivity contribution in [2.45, 2.75) is 18.4 Å². The van der Waals surface area contributed by atoms with Crippen molar-refractivity contribution in [2.24, 2.45) is 0 Å². The summed E-state index contributed by atoms with van der Waals surface area (Å²) in [6.45, 7) is 2.20. The number of amides is 1. The second-order valence-corrected chi connectivity index (χ2v) is 5.07. The van der Waals surface area contributed by atoms with Gasteiger partial charge >= 0.3 is 6.09 Å². The lowest BCUT2D eigenvalue weighted by Crippen LogP contribution is -2.57. The SMILES string of the molecule is COc1ccccc1N1C(=O)OCC12CCCNC2. The first-order valence-corrected chi connectivity index (χ1v) is 6.58. The molecule has 19 heavy (non-hydrogen) atoms. The largest absolute Gasteiger partial charge is 0.495 e. The quantitative estimate of drug-likeness (QED) is 0.882. The summed E-state index contributed by atoms with van der Waals surface area (Å²) >= 11 is 0. The molecule has 1 atom stereocenters. The van der Waals surface area contributed by atoms with E-state index in [2.05, 4.69) is 5.32 Å². The number of hydrogen-bond acceptors (Lipinski definition) is 4. The van der Waals surface area contributed by atoms with E-state index in [0.717, 1.165) is 31.6 Å². The predicted molar refractivity (Wildman–Crippen MR) is 71.7 cm³/mol. The second kappa shape index (κ2) is 4.74. The van der Waals surface area contributed by atoms with E-state index in [-0.39, 0.29) is 11.6 Å². The van der Waals surface area contributed by atoms with Crippen LogP contribution in [0.15, 0.2) is 24.3 Å². The minimum atomic E-state index is -0.284. The van der Waals surface area contributed by atoms with Crippen LogP contribution in [0.1, 0.15) is 12.8 Å². The van der Waals surface area contributed by atoms with Crippen LogP contribution in [0.4, 0.5) is 10.5 Å². The molecule has 1 aromatic rings. The van der Waals surface area contributed by atoms with Gasteiger partial charge in [0, 0.05) is 6.54 Å². The Balaban J connectivity index is 2.02. The van der Waals surface area contributed by atoms with E-state index in [0.29, 0.717) is 12.4 Å². The van der Waals surface area contributed by atoms with Crippen molar-refractivity contribution in [3.05, 3.63) is 24.3 Å². The lowest BCUT2D eigenvalue weighted by molar-refractivity contribution is 0.167. The zero-order valence-electron chi connectivity index (χ0n) is 11.0. The van der Waals surface area contributed by atoms with Gasteiger partial charge in [0.1, 0.15) is 12.4 Å². The lowest BCUT2D eigenvalue weighted by atomic mass is 9.89. The van der Waals surface area contributed by atoms with E-state index in [1.165, 1.54) is 0 Å². The van der Waals surface area contributed by atoms with Crippen LogP contribution in [0.3, 0.4) is 0 Å². The molecule has 0 saturated carbocycles. The maximum atomic E-state index is 12.1. The molecule has 0 radical (unpaired) electrons. The first-order valence-electron chi connectivity index (χ1n) is 6.58. The Morgan fingerprint density at radius 1 is 1.42 bits per heavy atom. The molecule has 5 heteroatoms. The van der Waals surface area contributed by atoms with Crippen LogP contribution >= 0.6 is 0 Å². The molecular formula is C14H18N2O3. The van der Waals surface area contributed by atoms with Gasteiger partial charge < -0.3 is 14.8 Å². The highest BCUT2D eigenvalue weighted by molar-refractivity contribution is 5.93. The Hall–Kier alpha value is -1.75. The van der Waals surface area contributed by atoms with Crippen LogP contribution in [-0.2, 0) is 4.74 Å². The number of rotatable bonds is 2. The van der Waals surface area contributed by atoms with Crippen LogP contribution < -0.4 is 15.0 Å². The maximum Gasteiger partial charge on any atom is 0.415 e. The standard InChI is InChI=1S/C14H18N2O3/c1-18-12-6-3-2-5-11(12)16-13(17)19-10-14(16)7-4-8-15-9-14/h2-3,5-6,15H,4,7-10H2,1H3. The molecule has 0 bridgehead atoms. The number of nitrogens with one attached hydrogen (secondary N) is 1. The fourth-order valence-corrected chi connectivity index (χ4v) is 2.95. The molecule has 1 unspecified atom stereocenters. The van der Waals surface area contributed by atoms with Crippen molar-refractivity contribution >= 4 is 11.8 Å². The molecule has 1 amide bonds. The summed E-state index contributed by atoms with van der Waals surface area (Å²) in [6.07, 6.45) is 1.71. The number of methoxy groups -OCH3 is 1. The summed E-state index contributed by atoms with van der Waals surface area (Å²) in [5.41, 5.74) is 0.514. The van der Waals surface area contributed by atoms with Gasteiger partial charge in [0.25, 0.3) is 0 Å². The van der Waals surface area contributed by atoms with Gasteiger partial charge in [-0.15, -0.1) is 0 Å². The van der Waals surface area contributed by atoms with Crippen molar-refractivity contribution in [1.29, 1.82) is 0 Å². The minimum Gasteiger partial charge on any atom is -0.495 e. The first kappa shape index (κ1) is 12.3.